The molecule has 0 aliphatic rings. The summed E-state index contributed by atoms with van der Waals surface area (Å²) in [5, 5.41) is 8.80. The average molecular weight is 628 g/mol. The van der Waals surface area contributed by atoms with Crippen LogP contribution in [0.3, 0.4) is 0 Å². The third-order valence-corrected chi connectivity index (χ3v) is 4.89. The van der Waals surface area contributed by atoms with Gasteiger partial charge in [0.1, 0.15) is 0 Å². The van der Waals surface area contributed by atoms with Gasteiger partial charge in [0.15, 0.2) is 0 Å². The van der Waals surface area contributed by atoms with E-state index >= 15 is 0 Å². The third-order valence-electron chi connectivity index (χ3n) is 4.89. The number of hydrogen-bond donors (Lipinski definition) is 1. The van der Waals surface area contributed by atoms with Crippen LogP contribution in [0.15, 0.2) is 85.6 Å². The summed E-state index contributed by atoms with van der Waals surface area (Å²) in [6.07, 6.45) is 9.09. The Balaban J connectivity index is 0.000000188. The minimum atomic E-state index is -0.979. The molecular formula is C26H21IrN5O2-2. The van der Waals surface area contributed by atoms with Crippen molar-refractivity contribution in [1.82, 2.24) is 24.1 Å². The van der Waals surface area contributed by atoms with Gasteiger partial charge in [-0.05, 0) is 11.6 Å². The Morgan fingerprint density at radius 3 is 1.82 bits per heavy atom. The first-order chi connectivity index (χ1) is 16.0. The molecule has 0 spiro atoms. The second-order valence-corrected chi connectivity index (χ2v) is 7.20. The van der Waals surface area contributed by atoms with Crippen molar-refractivity contribution in [2.45, 2.75) is 0 Å². The molecule has 1 radical (unpaired) electrons. The average Bonchev–Trinajstić information content (AvgIpc) is 3.48. The van der Waals surface area contributed by atoms with E-state index in [9.17, 15) is 4.79 Å². The summed E-state index contributed by atoms with van der Waals surface area (Å²) in [6.45, 7) is 0. The van der Waals surface area contributed by atoms with Crippen LogP contribution in [-0.4, -0.2) is 35.2 Å². The monoisotopic (exact) mass is 628 g/mol. The molecule has 2 aromatic carbocycles. The molecule has 0 aliphatic carbocycles. The maximum Gasteiger partial charge on any atom is 0.265 e. The van der Waals surface area contributed by atoms with Crippen LogP contribution in [0.5, 0.6) is 0 Å². The molecule has 1 N–H and O–H groups in total. The fraction of sp³-hybridized carbons (Fsp3) is 0.0769. The van der Waals surface area contributed by atoms with E-state index in [0.29, 0.717) is 5.56 Å². The summed E-state index contributed by atoms with van der Waals surface area (Å²) >= 11 is 0. The first-order valence-corrected chi connectivity index (χ1v) is 10.2. The van der Waals surface area contributed by atoms with Crippen LogP contribution in [-0.2, 0) is 34.2 Å². The van der Waals surface area contributed by atoms with Gasteiger partial charge in [0.2, 0.25) is 0 Å². The van der Waals surface area contributed by atoms with Gasteiger partial charge in [-0.25, -0.2) is 0 Å². The second-order valence-electron chi connectivity index (χ2n) is 7.20. The van der Waals surface area contributed by atoms with Gasteiger partial charge in [0.05, 0.1) is 11.6 Å². The molecule has 0 unspecified atom stereocenters. The number of benzene rings is 2. The van der Waals surface area contributed by atoms with Gasteiger partial charge in [-0.3, -0.25) is 19.7 Å². The van der Waals surface area contributed by atoms with Gasteiger partial charge in [-0.2, -0.15) is 0 Å². The summed E-state index contributed by atoms with van der Waals surface area (Å²) in [5.74, 6) is 0.838. The number of aromatic carboxylic acids is 1. The number of carboxylic acids is 1. The molecule has 8 heteroatoms. The molecule has 173 valence electrons. The predicted molar refractivity (Wildman–Crippen MR) is 125 cm³/mol. The summed E-state index contributed by atoms with van der Waals surface area (Å²) in [4.78, 5) is 23.5. The predicted octanol–water partition coefficient (Wildman–Crippen LogP) is 4.53. The molecule has 0 bridgehead atoms. The molecule has 7 nitrogen and oxygen atoms in total. The number of nitrogens with zero attached hydrogens (tertiary/aromatic N) is 5. The van der Waals surface area contributed by atoms with Crippen molar-refractivity contribution in [2.24, 2.45) is 14.1 Å². The molecular weight excluding hydrogens is 607 g/mol. The Kier molecular flexibility index (Phi) is 8.24. The number of carboxylic acid groups (broad SMARTS) is 1. The van der Waals surface area contributed by atoms with Crippen molar-refractivity contribution < 1.29 is 30.0 Å². The zero-order valence-corrected chi connectivity index (χ0v) is 20.9. The first-order valence-electron chi connectivity index (χ1n) is 10.2. The topological polar surface area (TPSA) is 85.8 Å². The zero-order chi connectivity index (χ0) is 23.2. The summed E-state index contributed by atoms with van der Waals surface area (Å²) in [5.41, 5.74) is 3.51. The first kappa shape index (κ1) is 24.8. The van der Waals surface area contributed by atoms with E-state index in [-0.39, 0.29) is 25.7 Å². The Morgan fingerprint density at radius 2 is 1.32 bits per heavy atom. The van der Waals surface area contributed by atoms with Crippen molar-refractivity contribution in [3.8, 4) is 34.0 Å². The fourth-order valence-corrected chi connectivity index (χ4v) is 3.25. The van der Waals surface area contributed by atoms with Gasteiger partial charge in [-0.15, -0.1) is 48.5 Å². The largest absolute Gasteiger partial charge is 0.513 e. The Bertz CT molecular complexity index is 1320. The molecule has 3 aromatic heterocycles. The number of hydrogen-bond acceptors (Lipinski definition) is 4. The van der Waals surface area contributed by atoms with Crippen LogP contribution in [0.4, 0.5) is 0 Å². The van der Waals surface area contributed by atoms with Crippen molar-refractivity contribution >= 4 is 5.97 Å². The Hall–Kier alpha value is -3.87. The molecule has 34 heavy (non-hydrogen) atoms. The maximum absolute atomic E-state index is 10.7. The van der Waals surface area contributed by atoms with Gasteiger partial charge in [0.25, 0.3) is 5.97 Å². The number of aryl methyl sites for hydroxylation is 2. The van der Waals surface area contributed by atoms with Gasteiger partial charge in [0, 0.05) is 70.9 Å². The van der Waals surface area contributed by atoms with E-state index in [4.69, 9.17) is 5.11 Å². The number of pyridine rings is 1. The van der Waals surface area contributed by atoms with E-state index in [1.165, 1.54) is 6.07 Å². The summed E-state index contributed by atoms with van der Waals surface area (Å²) in [7, 11) is 3.95. The van der Waals surface area contributed by atoms with Crippen LogP contribution < -0.4 is 0 Å². The van der Waals surface area contributed by atoms with Crippen molar-refractivity contribution in [3.05, 3.63) is 103 Å². The van der Waals surface area contributed by atoms with Crippen molar-refractivity contribution in [1.29, 1.82) is 0 Å². The summed E-state index contributed by atoms with van der Waals surface area (Å²) in [6, 6.07) is 22.6. The molecule has 0 saturated heterocycles. The van der Waals surface area contributed by atoms with Crippen molar-refractivity contribution in [2.75, 3.05) is 0 Å². The molecule has 3 heterocycles. The second kappa shape index (κ2) is 11.3. The molecule has 5 aromatic rings. The molecule has 5 rings (SSSR count). The van der Waals surface area contributed by atoms with E-state index in [1.807, 2.05) is 72.0 Å². The zero-order valence-electron chi connectivity index (χ0n) is 18.5. The fourth-order valence-electron chi connectivity index (χ4n) is 3.25. The Labute approximate surface area is 211 Å². The van der Waals surface area contributed by atoms with Gasteiger partial charge >= 0.3 is 0 Å². The normalized spacial score (nSPS) is 10.1. The maximum atomic E-state index is 10.7. The number of imidazole rings is 2. The minimum absolute atomic E-state index is 0. The molecule has 0 saturated carbocycles. The molecule has 0 amide bonds. The summed E-state index contributed by atoms with van der Waals surface area (Å²) < 4.78 is 3.96. The number of carbonyl (C=O) groups is 1. The smallest absolute Gasteiger partial charge is 0.265 e. The third kappa shape index (κ3) is 5.73. The standard InChI is InChI=1S/C14H13N4.C12H8NO2.Ir/c1-17-8-6-15-13(17)11-4-3-5-12(10-11)14-16-7-9-18(14)2;14-12(15)10-5-3-4-9(8-10)11-6-1-2-7-13-11;/h3-9H,1-2H3;1-7H,(H,14,15);/q2*-1;. The van der Waals surface area contributed by atoms with Gasteiger partial charge < -0.3 is 14.2 Å². The number of rotatable bonds is 4. The van der Waals surface area contributed by atoms with Crippen molar-refractivity contribution in [3.63, 3.8) is 0 Å². The molecule has 0 atom stereocenters. The van der Waals surface area contributed by atoms with Crippen LogP contribution in [0.2, 0.25) is 0 Å². The van der Waals surface area contributed by atoms with Crippen LogP contribution in [0.25, 0.3) is 34.0 Å². The van der Waals surface area contributed by atoms with Crippen LogP contribution in [0, 0.1) is 12.1 Å². The van der Waals surface area contributed by atoms with Crippen LogP contribution in [0.1, 0.15) is 10.4 Å². The van der Waals surface area contributed by atoms with E-state index in [2.05, 4.69) is 27.1 Å². The van der Waals surface area contributed by atoms with E-state index in [0.717, 1.165) is 28.5 Å². The number of aromatic nitrogens is 5. The van der Waals surface area contributed by atoms with Crippen LogP contribution >= 0.6 is 0 Å². The van der Waals surface area contributed by atoms with E-state index < -0.39 is 5.97 Å². The van der Waals surface area contributed by atoms with E-state index in [1.54, 1.807) is 30.7 Å². The quantitative estimate of drug-likeness (QED) is 0.296. The SMILES string of the molecule is Cn1ccnc1-c1[c-]c(-c2nccn2C)ccc1.O=C(O)c1[c-]c(-c2ccccn2)ccc1.[Ir]. The van der Waals surface area contributed by atoms with Gasteiger partial charge in [-0.1, -0.05) is 28.8 Å². The molecule has 0 fully saturated rings. The minimum Gasteiger partial charge on any atom is -0.513 e. The molecule has 0 aliphatic heterocycles. The Morgan fingerprint density at radius 1 is 0.735 bits per heavy atom.